The molecular weight excluding hydrogens is 380 g/mol. The van der Waals surface area contributed by atoms with Crippen LogP contribution in [0.3, 0.4) is 0 Å². The van der Waals surface area contributed by atoms with Gasteiger partial charge < -0.3 is 5.32 Å². The quantitative estimate of drug-likeness (QED) is 0.841. The van der Waals surface area contributed by atoms with Crippen molar-refractivity contribution in [2.24, 2.45) is 5.92 Å². The number of hydrogen-bond acceptors (Lipinski definition) is 3. The average Bonchev–Trinajstić information content (AvgIpc) is 2.50. The Kier molecular flexibility index (Phi) is 5.86. The lowest BCUT2D eigenvalue weighted by Gasteiger charge is -2.31. The second-order valence-electron chi connectivity index (χ2n) is 6.00. The molecule has 0 aromatic heterocycles. The Morgan fingerprint density at radius 2 is 1.96 bits per heavy atom. The zero-order valence-electron chi connectivity index (χ0n) is 13.7. The molecule has 1 aliphatic rings. The van der Waals surface area contributed by atoms with Crippen LogP contribution in [0.25, 0.3) is 0 Å². The van der Waals surface area contributed by atoms with E-state index in [4.69, 9.17) is 0 Å². The highest BCUT2D eigenvalue weighted by molar-refractivity contribution is 9.10. The maximum atomic E-state index is 12.6. The first kappa shape index (κ1) is 18.4. The summed E-state index contributed by atoms with van der Waals surface area (Å²) in [5.74, 6) is -0.325. The van der Waals surface area contributed by atoms with E-state index in [1.54, 1.807) is 6.92 Å². The van der Waals surface area contributed by atoms with Crippen LogP contribution in [0, 0.1) is 19.8 Å². The number of sulfonamides is 1. The first-order valence-electron chi connectivity index (χ1n) is 7.80. The zero-order valence-corrected chi connectivity index (χ0v) is 16.1. The molecule has 1 fully saturated rings. The molecule has 1 amide bonds. The molecule has 0 saturated carbocycles. The van der Waals surface area contributed by atoms with E-state index in [1.165, 1.54) is 4.31 Å². The summed E-state index contributed by atoms with van der Waals surface area (Å²) in [4.78, 5) is 12.6. The van der Waals surface area contributed by atoms with Gasteiger partial charge in [0.25, 0.3) is 0 Å². The SMILES string of the molecule is CCS(=O)(=O)N1CCCC(C(=O)Nc2c(C)cc(Br)cc2C)C1. The topological polar surface area (TPSA) is 66.5 Å². The maximum Gasteiger partial charge on any atom is 0.228 e. The molecule has 2 rings (SSSR count). The Bertz CT molecular complexity index is 680. The number of halogens is 1. The molecule has 1 atom stereocenters. The molecule has 1 aromatic rings. The van der Waals surface area contributed by atoms with Crippen LogP contribution in [0.2, 0.25) is 0 Å². The van der Waals surface area contributed by atoms with Gasteiger partial charge in [-0.3, -0.25) is 4.79 Å². The van der Waals surface area contributed by atoms with Crippen LogP contribution >= 0.6 is 15.9 Å². The fourth-order valence-corrected chi connectivity index (χ4v) is 4.79. The lowest BCUT2D eigenvalue weighted by atomic mass is 9.98. The summed E-state index contributed by atoms with van der Waals surface area (Å²) in [7, 11) is -3.24. The maximum absolute atomic E-state index is 12.6. The van der Waals surface area contributed by atoms with Gasteiger partial charge in [-0.05, 0) is 56.9 Å². The van der Waals surface area contributed by atoms with Gasteiger partial charge in [0, 0.05) is 23.2 Å². The Morgan fingerprint density at radius 3 is 2.52 bits per heavy atom. The van der Waals surface area contributed by atoms with E-state index in [1.807, 2.05) is 26.0 Å². The highest BCUT2D eigenvalue weighted by Crippen LogP contribution is 2.27. The molecule has 1 aliphatic heterocycles. The van der Waals surface area contributed by atoms with Crippen LogP contribution in [-0.4, -0.2) is 37.5 Å². The number of carbonyl (C=O) groups excluding carboxylic acids is 1. The molecule has 1 saturated heterocycles. The van der Waals surface area contributed by atoms with Gasteiger partial charge in [-0.2, -0.15) is 0 Å². The summed E-state index contributed by atoms with van der Waals surface area (Å²) < 4.78 is 26.5. The number of nitrogens with one attached hydrogen (secondary N) is 1. The van der Waals surface area contributed by atoms with Crippen LogP contribution in [0.15, 0.2) is 16.6 Å². The number of amides is 1. The van der Waals surface area contributed by atoms with Crippen molar-refractivity contribution in [2.45, 2.75) is 33.6 Å². The standard InChI is InChI=1S/C16H23BrN2O3S/c1-4-23(21,22)19-7-5-6-13(10-19)16(20)18-15-11(2)8-14(17)9-12(15)3/h8-9,13H,4-7,10H2,1-3H3,(H,18,20). The summed E-state index contributed by atoms with van der Waals surface area (Å²) in [5.41, 5.74) is 2.78. The smallest absolute Gasteiger partial charge is 0.228 e. The second-order valence-corrected chi connectivity index (χ2v) is 9.17. The highest BCUT2D eigenvalue weighted by Gasteiger charge is 2.31. The number of aryl methyl sites for hydroxylation is 2. The van der Waals surface area contributed by atoms with Crippen molar-refractivity contribution in [3.05, 3.63) is 27.7 Å². The molecule has 1 N–H and O–H groups in total. The molecule has 1 unspecified atom stereocenters. The van der Waals surface area contributed by atoms with Gasteiger partial charge in [0.1, 0.15) is 0 Å². The van der Waals surface area contributed by atoms with E-state index >= 15 is 0 Å². The van der Waals surface area contributed by atoms with Crippen LogP contribution in [0.5, 0.6) is 0 Å². The summed E-state index contributed by atoms with van der Waals surface area (Å²) in [6.07, 6.45) is 1.44. The van der Waals surface area contributed by atoms with Crippen molar-refractivity contribution < 1.29 is 13.2 Å². The van der Waals surface area contributed by atoms with E-state index in [0.29, 0.717) is 6.54 Å². The molecule has 0 aliphatic carbocycles. The van der Waals surface area contributed by atoms with Crippen molar-refractivity contribution in [1.29, 1.82) is 0 Å². The Balaban J connectivity index is 2.12. The third-order valence-electron chi connectivity index (χ3n) is 4.26. The number of hydrogen-bond donors (Lipinski definition) is 1. The van der Waals surface area contributed by atoms with E-state index in [0.717, 1.165) is 34.1 Å². The first-order valence-corrected chi connectivity index (χ1v) is 10.2. The van der Waals surface area contributed by atoms with Crippen molar-refractivity contribution in [2.75, 3.05) is 24.2 Å². The van der Waals surface area contributed by atoms with Crippen molar-refractivity contribution >= 4 is 37.5 Å². The lowest BCUT2D eigenvalue weighted by Crippen LogP contribution is -2.44. The predicted octanol–water partition coefficient (Wildman–Crippen LogP) is 3.07. The average molecular weight is 403 g/mol. The number of carbonyl (C=O) groups is 1. The third kappa shape index (κ3) is 4.33. The number of nitrogens with zero attached hydrogens (tertiary/aromatic N) is 1. The molecular formula is C16H23BrN2O3S. The summed E-state index contributed by atoms with van der Waals surface area (Å²) in [5, 5.41) is 2.98. The molecule has 7 heteroatoms. The predicted molar refractivity (Wildman–Crippen MR) is 96.0 cm³/mol. The summed E-state index contributed by atoms with van der Waals surface area (Å²) >= 11 is 3.44. The van der Waals surface area contributed by atoms with E-state index in [-0.39, 0.29) is 24.1 Å². The van der Waals surface area contributed by atoms with Crippen molar-refractivity contribution in [3.8, 4) is 0 Å². The number of anilines is 1. The van der Waals surface area contributed by atoms with Gasteiger partial charge in [0.05, 0.1) is 11.7 Å². The minimum Gasteiger partial charge on any atom is -0.325 e. The van der Waals surface area contributed by atoms with Crippen molar-refractivity contribution in [1.82, 2.24) is 4.31 Å². The minimum absolute atomic E-state index is 0.0757. The van der Waals surface area contributed by atoms with Gasteiger partial charge in [0.2, 0.25) is 15.9 Å². The van der Waals surface area contributed by atoms with E-state index in [2.05, 4.69) is 21.2 Å². The third-order valence-corrected chi connectivity index (χ3v) is 6.56. The summed E-state index contributed by atoms with van der Waals surface area (Å²) in [6, 6.07) is 3.91. The van der Waals surface area contributed by atoms with Crippen molar-refractivity contribution in [3.63, 3.8) is 0 Å². The number of piperidine rings is 1. The molecule has 1 aromatic carbocycles. The summed E-state index contributed by atoms with van der Waals surface area (Å²) in [6.45, 7) is 6.31. The number of rotatable bonds is 4. The van der Waals surface area contributed by atoms with Crippen LogP contribution < -0.4 is 5.32 Å². The molecule has 0 bridgehead atoms. The second kappa shape index (κ2) is 7.32. The van der Waals surface area contributed by atoms with Gasteiger partial charge in [-0.15, -0.1) is 0 Å². The number of benzene rings is 1. The Hall–Kier alpha value is -0.920. The fourth-order valence-electron chi connectivity index (χ4n) is 2.92. The molecule has 0 spiro atoms. The molecule has 23 heavy (non-hydrogen) atoms. The fraction of sp³-hybridized carbons (Fsp3) is 0.562. The molecule has 0 radical (unpaired) electrons. The van der Waals surface area contributed by atoms with Gasteiger partial charge >= 0.3 is 0 Å². The van der Waals surface area contributed by atoms with Crippen LogP contribution in [0.1, 0.15) is 30.9 Å². The lowest BCUT2D eigenvalue weighted by molar-refractivity contribution is -0.120. The Labute approximate surface area is 146 Å². The van der Waals surface area contributed by atoms with Gasteiger partial charge in [0.15, 0.2) is 0 Å². The first-order chi connectivity index (χ1) is 10.7. The monoisotopic (exact) mass is 402 g/mol. The van der Waals surface area contributed by atoms with Gasteiger partial charge in [-0.1, -0.05) is 15.9 Å². The van der Waals surface area contributed by atoms with Crippen LogP contribution in [-0.2, 0) is 14.8 Å². The molecule has 1 heterocycles. The minimum atomic E-state index is -3.24. The molecule has 5 nitrogen and oxygen atoms in total. The highest BCUT2D eigenvalue weighted by atomic mass is 79.9. The molecule has 128 valence electrons. The zero-order chi connectivity index (χ0) is 17.2. The van der Waals surface area contributed by atoms with Crippen LogP contribution in [0.4, 0.5) is 5.69 Å². The largest absolute Gasteiger partial charge is 0.325 e. The van der Waals surface area contributed by atoms with Gasteiger partial charge in [-0.25, -0.2) is 12.7 Å². The van der Waals surface area contributed by atoms with E-state index < -0.39 is 10.0 Å². The van der Waals surface area contributed by atoms with E-state index in [9.17, 15) is 13.2 Å². The Morgan fingerprint density at radius 1 is 1.35 bits per heavy atom. The normalized spacial score (nSPS) is 19.6.